The van der Waals surface area contributed by atoms with E-state index in [1.807, 2.05) is 20.0 Å². The zero-order chi connectivity index (χ0) is 15.7. The summed E-state index contributed by atoms with van der Waals surface area (Å²) in [5, 5.41) is 7.15. The Kier molecular flexibility index (Phi) is 4.46. The number of likely N-dealkylation sites (tertiary alicyclic amines) is 1. The lowest BCUT2D eigenvalue weighted by Crippen LogP contribution is -2.35. The van der Waals surface area contributed by atoms with Gasteiger partial charge in [-0.1, -0.05) is 0 Å². The number of fused-ring (bicyclic) bond motifs is 1. The van der Waals surface area contributed by atoms with Crippen LogP contribution in [0.3, 0.4) is 0 Å². The van der Waals surface area contributed by atoms with E-state index in [0.29, 0.717) is 18.5 Å². The van der Waals surface area contributed by atoms with E-state index in [9.17, 15) is 4.79 Å². The standard InChI is InChI=1S/C15H24N4O3/c1-10-8-14(18(2)17-10)16-15(20)13-9-11-12(22-13)4-5-19(11)6-7-21-3/h8,11-13H,4-7,9H2,1-3H3,(H,16,20)/t11-,12-,13-/m0/s1. The van der Waals surface area contributed by atoms with Gasteiger partial charge in [0.15, 0.2) is 0 Å². The number of rotatable bonds is 5. The smallest absolute Gasteiger partial charge is 0.254 e. The predicted octanol–water partition coefficient (Wildman–Crippen LogP) is 0.545. The Morgan fingerprint density at radius 2 is 2.41 bits per heavy atom. The second kappa shape index (κ2) is 6.36. The number of methoxy groups -OCH3 is 1. The summed E-state index contributed by atoms with van der Waals surface area (Å²) in [4.78, 5) is 14.8. The fourth-order valence-corrected chi connectivity index (χ4v) is 3.42. The Bertz CT molecular complexity index is 545. The first-order valence-corrected chi connectivity index (χ1v) is 7.78. The van der Waals surface area contributed by atoms with Gasteiger partial charge in [-0.15, -0.1) is 0 Å². The van der Waals surface area contributed by atoms with Gasteiger partial charge in [-0.05, 0) is 13.3 Å². The normalized spacial score (nSPS) is 28.0. The van der Waals surface area contributed by atoms with Crippen LogP contribution in [0.4, 0.5) is 5.82 Å². The summed E-state index contributed by atoms with van der Waals surface area (Å²) in [6.45, 7) is 4.54. The van der Waals surface area contributed by atoms with Gasteiger partial charge in [0, 0.05) is 45.8 Å². The van der Waals surface area contributed by atoms with Crippen molar-refractivity contribution in [3.05, 3.63) is 11.8 Å². The quantitative estimate of drug-likeness (QED) is 0.860. The zero-order valence-electron chi connectivity index (χ0n) is 13.4. The van der Waals surface area contributed by atoms with Crippen LogP contribution in [0.1, 0.15) is 18.5 Å². The van der Waals surface area contributed by atoms with E-state index in [0.717, 1.165) is 31.6 Å². The van der Waals surface area contributed by atoms with Crippen molar-refractivity contribution in [3.63, 3.8) is 0 Å². The van der Waals surface area contributed by atoms with Crippen LogP contribution in [-0.2, 0) is 21.3 Å². The van der Waals surface area contributed by atoms with Crippen molar-refractivity contribution in [2.45, 2.75) is 38.0 Å². The Labute approximate surface area is 130 Å². The van der Waals surface area contributed by atoms with Gasteiger partial charge in [0.25, 0.3) is 5.91 Å². The molecule has 2 fully saturated rings. The van der Waals surface area contributed by atoms with Crippen LogP contribution in [0.2, 0.25) is 0 Å². The van der Waals surface area contributed by atoms with Crippen LogP contribution >= 0.6 is 0 Å². The number of hydrogen-bond acceptors (Lipinski definition) is 5. The highest BCUT2D eigenvalue weighted by Gasteiger charge is 2.45. The molecule has 7 nitrogen and oxygen atoms in total. The van der Waals surface area contributed by atoms with Crippen LogP contribution in [0.5, 0.6) is 0 Å². The maximum Gasteiger partial charge on any atom is 0.254 e. The molecule has 122 valence electrons. The number of ether oxygens (including phenoxy) is 2. The van der Waals surface area contributed by atoms with Crippen molar-refractivity contribution in [1.82, 2.24) is 14.7 Å². The number of anilines is 1. The molecule has 22 heavy (non-hydrogen) atoms. The van der Waals surface area contributed by atoms with Gasteiger partial charge in [0.05, 0.1) is 18.4 Å². The Balaban J connectivity index is 1.58. The summed E-state index contributed by atoms with van der Waals surface area (Å²) in [5.74, 6) is 0.628. The summed E-state index contributed by atoms with van der Waals surface area (Å²) in [6, 6.07) is 2.19. The number of hydrogen-bond donors (Lipinski definition) is 1. The minimum Gasteiger partial charge on any atom is -0.383 e. The van der Waals surface area contributed by atoms with E-state index in [2.05, 4.69) is 15.3 Å². The molecule has 3 rings (SSSR count). The number of amides is 1. The third-order valence-electron chi connectivity index (χ3n) is 4.52. The topological polar surface area (TPSA) is 68.6 Å². The molecule has 0 saturated carbocycles. The minimum atomic E-state index is -0.379. The van der Waals surface area contributed by atoms with Crippen LogP contribution in [0, 0.1) is 6.92 Å². The maximum absolute atomic E-state index is 12.4. The summed E-state index contributed by atoms with van der Waals surface area (Å²) in [6.07, 6.45) is 1.52. The summed E-state index contributed by atoms with van der Waals surface area (Å²) in [5.41, 5.74) is 0.882. The molecule has 0 spiro atoms. The molecule has 2 saturated heterocycles. The molecule has 3 heterocycles. The average Bonchev–Trinajstić information content (AvgIpc) is 3.12. The van der Waals surface area contributed by atoms with Crippen molar-refractivity contribution < 1.29 is 14.3 Å². The van der Waals surface area contributed by atoms with Crippen LogP contribution < -0.4 is 5.32 Å². The molecule has 2 aliphatic rings. The molecule has 3 atom stereocenters. The van der Waals surface area contributed by atoms with Gasteiger partial charge in [-0.25, -0.2) is 0 Å². The Hall–Kier alpha value is -1.44. The summed E-state index contributed by atoms with van der Waals surface area (Å²) >= 11 is 0. The first-order valence-electron chi connectivity index (χ1n) is 7.78. The molecule has 2 aliphatic heterocycles. The van der Waals surface area contributed by atoms with E-state index in [1.54, 1.807) is 11.8 Å². The number of carbonyl (C=O) groups is 1. The van der Waals surface area contributed by atoms with Gasteiger partial charge in [-0.3, -0.25) is 14.4 Å². The highest BCUT2D eigenvalue weighted by molar-refractivity contribution is 5.93. The van der Waals surface area contributed by atoms with Gasteiger partial charge >= 0.3 is 0 Å². The number of aromatic nitrogens is 2. The second-order valence-electron chi connectivity index (χ2n) is 6.07. The van der Waals surface area contributed by atoms with Gasteiger partial charge in [0.1, 0.15) is 11.9 Å². The molecule has 1 N–H and O–H groups in total. The Morgan fingerprint density at radius 1 is 1.59 bits per heavy atom. The van der Waals surface area contributed by atoms with Crippen LogP contribution in [0.15, 0.2) is 6.07 Å². The Morgan fingerprint density at radius 3 is 3.09 bits per heavy atom. The molecule has 0 unspecified atom stereocenters. The van der Waals surface area contributed by atoms with Crippen LogP contribution in [-0.4, -0.2) is 65.6 Å². The van der Waals surface area contributed by atoms with Crippen molar-refractivity contribution in [1.29, 1.82) is 0 Å². The first kappa shape index (κ1) is 15.5. The number of nitrogens with zero attached hydrogens (tertiary/aromatic N) is 3. The van der Waals surface area contributed by atoms with Gasteiger partial charge in [-0.2, -0.15) is 5.10 Å². The summed E-state index contributed by atoms with van der Waals surface area (Å²) < 4.78 is 12.8. The lowest BCUT2D eigenvalue weighted by atomic mass is 10.1. The lowest BCUT2D eigenvalue weighted by molar-refractivity contribution is -0.126. The fourth-order valence-electron chi connectivity index (χ4n) is 3.42. The lowest BCUT2D eigenvalue weighted by Gasteiger charge is -2.21. The van der Waals surface area contributed by atoms with Gasteiger partial charge in [0.2, 0.25) is 0 Å². The van der Waals surface area contributed by atoms with E-state index >= 15 is 0 Å². The highest BCUT2D eigenvalue weighted by atomic mass is 16.5. The molecule has 1 aromatic heterocycles. The molecule has 0 bridgehead atoms. The molecule has 7 heteroatoms. The molecule has 1 aromatic rings. The monoisotopic (exact) mass is 308 g/mol. The van der Waals surface area contributed by atoms with Crippen LogP contribution in [0.25, 0.3) is 0 Å². The van der Waals surface area contributed by atoms with E-state index in [1.165, 1.54) is 0 Å². The van der Waals surface area contributed by atoms with Crippen molar-refractivity contribution in [3.8, 4) is 0 Å². The molecule has 0 aliphatic carbocycles. The zero-order valence-corrected chi connectivity index (χ0v) is 13.4. The highest BCUT2D eigenvalue weighted by Crippen LogP contribution is 2.33. The minimum absolute atomic E-state index is 0.0795. The number of nitrogens with one attached hydrogen (secondary N) is 1. The maximum atomic E-state index is 12.4. The second-order valence-corrected chi connectivity index (χ2v) is 6.07. The van der Waals surface area contributed by atoms with E-state index < -0.39 is 0 Å². The predicted molar refractivity (Wildman–Crippen MR) is 81.7 cm³/mol. The van der Waals surface area contributed by atoms with Crippen molar-refractivity contribution in [2.75, 3.05) is 32.1 Å². The average molecular weight is 308 g/mol. The third-order valence-corrected chi connectivity index (χ3v) is 4.52. The van der Waals surface area contributed by atoms with E-state index in [-0.39, 0.29) is 18.1 Å². The SMILES string of the molecule is COCCN1CC[C@@H]2O[C@H](C(=O)Nc3cc(C)nn3C)C[C@@H]21. The molecular weight excluding hydrogens is 284 g/mol. The number of carbonyl (C=O) groups excluding carboxylic acids is 1. The molecule has 0 radical (unpaired) electrons. The van der Waals surface area contributed by atoms with E-state index in [4.69, 9.17) is 9.47 Å². The number of aryl methyl sites for hydroxylation is 2. The first-order chi connectivity index (χ1) is 10.6. The molecule has 1 amide bonds. The fraction of sp³-hybridized carbons (Fsp3) is 0.733. The van der Waals surface area contributed by atoms with Crippen molar-refractivity contribution in [2.24, 2.45) is 7.05 Å². The molecule has 0 aromatic carbocycles. The molecular formula is C15H24N4O3. The van der Waals surface area contributed by atoms with Gasteiger partial charge < -0.3 is 14.8 Å². The van der Waals surface area contributed by atoms with Crippen molar-refractivity contribution >= 4 is 11.7 Å². The third kappa shape index (κ3) is 3.02. The largest absolute Gasteiger partial charge is 0.383 e. The summed E-state index contributed by atoms with van der Waals surface area (Å²) in [7, 11) is 3.53.